The number of carbonyl (C=O) groups is 1. The number of nitrogens with one attached hydrogen (secondary N) is 1. The molecule has 3 aliphatic rings. The van der Waals surface area contributed by atoms with Crippen LogP contribution in [0.3, 0.4) is 0 Å². The van der Waals surface area contributed by atoms with Gasteiger partial charge in [0, 0.05) is 32.2 Å². The van der Waals surface area contributed by atoms with Crippen LogP contribution in [0.4, 0.5) is 0 Å². The number of hydrogen-bond donors (Lipinski definition) is 1. The smallest absolute Gasteiger partial charge is 0.239 e. The molecule has 1 N–H and O–H groups in total. The highest BCUT2D eigenvalue weighted by atomic mass is 16.2. The van der Waals surface area contributed by atoms with Gasteiger partial charge in [-0.2, -0.15) is 0 Å². The highest BCUT2D eigenvalue weighted by Gasteiger charge is 2.30. The van der Waals surface area contributed by atoms with Gasteiger partial charge in [-0.25, -0.2) is 0 Å². The number of hydrogen-bond acceptors (Lipinski definition) is 3. The normalized spacial score (nSPS) is 30.7. The first-order valence-electron chi connectivity index (χ1n) is 8.11. The molecule has 3 fully saturated rings. The third-order valence-electron chi connectivity index (χ3n) is 5.04. The molecule has 1 amide bonds. The van der Waals surface area contributed by atoms with Gasteiger partial charge in [-0.05, 0) is 38.6 Å². The molecule has 108 valence electrons. The number of carbonyl (C=O) groups excluding carboxylic acids is 1. The van der Waals surface area contributed by atoms with Crippen LogP contribution in [0, 0.1) is 0 Å². The van der Waals surface area contributed by atoms with Gasteiger partial charge in [0.25, 0.3) is 0 Å². The van der Waals surface area contributed by atoms with Gasteiger partial charge in [0.15, 0.2) is 0 Å². The Morgan fingerprint density at radius 2 is 1.74 bits per heavy atom. The summed E-state index contributed by atoms with van der Waals surface area (Å²) in [6.07, 6.45) is 8.87. The van der Waals surface area contributed by atoms with Crippen LogP contribution < -0.4 is 5.32 Å². The van der Waals surface area contributed by atoms with Crippen LogP contribution in [0.25, 0.3) is 0 Å². The fraction of sp³-hybridized carbons (Fsp3) is 0.933. The molecule has 0 radical (unpaired) electrons. The molecular weight excluding hydrogens is 238 g/mol. The lowest BCUT2D eigenvalue weighted by Crippen LogP contribution is -2.45. The predicted molar refractivity (Wildman–Crippen MR) is 76.1 cm³/mol. The van der Waals surface area contributed by atoms with Crippen molar-refractivity contribution in [3.05, 3.63) is 0 Å². The lowest BCUT2D eigenvalue weighted by Gasteiger charge is -2.28. The van der Waals surface area contributed by atoms with Gasteiger partial charge in [0.1, 0.15) is 0 Å². The predicted octanol–water partition coefficient (Wildman–Crippen LogP) is 1.22. The zero-order valence-corrected chi connectivity index (χ0v) is 11.9. The quantitative estimate of drug-likeness (QED) is 0.815. The number of nitrogens with zero attached hydrogens (tertiary/aromatic N) is 2. The third-order valence-corrected chi connectivity index (χ3v) is 5.04. The first-order valence-corrected chi connectivity index (χ1v) is 8.11. The summed E-state index contributed by atoms with van der Waals surface area (Å²) < 4.78 is 0. The second kappa shape index (κ2) is 6.23. The van der Waals surface area contributed by atoms with Gasteiger partial charge in [-0.1, -0.05) is 12.8 Å². The van der Waals surface area contributed by atoms with Crippen LogP contribution in [-0.4, -0.2) is 60.5 Å². The van der Waals surface area contributed by atoms with E-state index >= 15 is 0 Å². The summed E-state index contributed by atoms with van der Waals surface area (Å²) in [7, 11) is 0. The van der Waals surface area contributed by atoms with E-state index in [1.807, 2.05) is 0 Å². The van der Waals surface area contributed by atoms with Crippen LogP contribution >= 0.6 is 0 Å². The summed E-state index contributed by atoms with van der Waals surface area (Å²) in [6, 6.07) is 0.915. The van der Waals surface area contributed by atoms with E-state index in [0.29, 0.717) is 5.91 Å². The van der Waals surface area contributed by atoms with Gasteiger partial charge in [0.2, 0.25) is 5.91 Å². The van der Waals surface area contributed by atoms with Crippen LogP contribution in [0.15, 0.2) is 0 Å². The number of rotatable bonds is 2. The fourth-order valence-electron chi connectivity index (χ4n) is 3.91. The van der Waals surface area contributed by atoms with Gasteiger partial charge in [-0.3, -0.25) is 9.69 Å². The summed E-state index contributed by atoms with van der Waals surface area (Å²) in [5.41, 5.74) is 0. The van der Waals surface area contributed by atoms with Crippen molar-refractivity contribution in [2.75, 3.05) is 32.7 Å². The van der Waals surface area contributed by atoms with Crippen LogP contribution in [0.1, 0.15) is 44.9 Å². The minimum Gasteiger partial charge on any atom is -0.340 e. The summed E-state index contributed by atoms with van der Waals surface area (Å²) >= 11 is 0. The van der Waals surface area contributed by atoms with E-state index in [2.05, 4.69) is 15.1 Å². The van der Waals surface area contributed by atoms with E-state index in [4.69, 9.17) is 0 Å². The Labute approximate surface area is 116 Å². The third kappa shape index (κ3) is 3.11. The lowest BCUT2D eigenvalue weighted by atomic mass is 10.2. The van der Waals surface area contributed by atoms with Crippen LogP contribution in [0.5, 0.6) is 0 Å². The molecule has 0 spiro atoms. The molecule has 0 bridgehead atoms. The molecule has 1 aliphatic carbocycles. The van der Waals surface area contributed by atoms with Crippen LogP contribution in [0.2, 0.25) is 0 Å². The Kier molecular flexibility index (Phi) is 4.38. The van der Waals surface area contributed by atoms with E-state index < -0.39 is 0 Å². The van der Waals surface area contributed by atoms with Gasteiger partial charge >= 0.3 is 0 Å². The molecule has 0 aromatic rings. The minimum atomic E-state index is 0.109. The highest BCUT2D eigenvalue weighted by Crippen LogP contribution is 2.24. The average molecular weight is 265 g/mol. The Hall–Kier alpha value is -0.610. The second-order valence-electron chi connectivity index (χ2n) is 6.30. The van der Waals surface area contributed by atoms with Crippen molar-refractivity contribution in [2.24, 2.45) is 0 Å². The van der Waals surface area contributed by atoms with Gasteiger partial charge < -0.3 is 10.2 Å². The van der Waals surface area contributed by atoms with Gasteiger partial charge in [-0.15, -0.1) is 0 Å². The van der Waals surface area contributed by atoms with Crippen molar-refractivity contribution >= 4 is 5.91 Å². The van der Waals surface area contributed by atoms with Gasteiger partial charge in [0.05, 0.1) is 6.04 Å². The summed E-state index contributed by atoms with van der Waals surface area (Å²) in [5, 5.41) is 3.34. The molecule has 1 saturated carbocycles. The first kappa shape index (κ1) is 13.4. The van der Waals surface area contributed by atoms with E-state index in [1.54, 1.807) is 0 Å². The fourth-order valence-corrected chi connectivity index (χ4v) is 3.91. The maximum Gasteiger partial charge on any atom is 0.239 e. The van der Waals surface area contributed by atoms with Crippen LogP contribution in [-0.2, 0) is 4.79 Å². The summed E-state index contributed by atoms with van der Waals surface area (Å²) in [4.78, 5) is 17.2. The molecule has 1 atom stereocenters. The molecule has 0 unspecified atom stereocenters. The van der Waals surface area contributed by atoms with Crippen molar-refractivity contribution in [1.82, 2.24) is 15.1 Å². The topological polar surface area (TPSA) is 35.6 Å². The molecule has 4 heteroatoms. The monoisotopic (exact) mass is 265 g/mol. The summed E-state index contributed by atoms with van der Waals surface area (Å²) in [5.74, 6) is 0.353. The molecule has 0 aromatic carbocycles. The Bertz CT molecular complexity index is 309. The van der Waals surface area contributed by atoms with Crippen molar-refractivity contribution < 1.29 is 4.79 Å². The Balaban J connectivity index is 1.53. The SMILES string of the molecule is O=C([C@@H]1CCCN1)N1CCCN(C2CCCC2)CC1. The molecule has 19 heavy (non-hydrogen) atoms. The van der Waals surface area contributed by atoms with E-state index in [1.165, 1.54) is 32.2 Å². The molecule has 4 nitrogen and oxygen atoms in total. The maximum absolute atomic E-state index is 12.4. The zero-order chi connectivity index (χ0) is 13.1. The summed E-state index contributed by atoms with van der Waals surface area (Å²) in [6.45, 7) is 5.18. The largest absolute Gasteiger partial charge is 0.340 e. The molecule has 3 rings (SSSR count). The maximum atomic E-state index is 12.4. The standard InChI is InChI=1S/C15H27N3O/c19-15(14-7-3-8-16-14)18-10-4-9-17(11-12-18)13-5-1-2-6-13/h13-14,16H,1-12H2/t14-/m0/s1. The average Bonchev–Trinajstić information content (AvgIpc) is 3.08. The van der Waals surface area contributed by atoms with E-state index in [0.717, 1.165) is 51.5 Å². The zero-order valence-electron chi connectivity index (χ0n) is 11.9. The first-order chi connectivity index (χ1) is 9.34. The van der Waals surface area contributed by atoms with Crippen molar-refractivity contribution in [3.63, 3.8) is 0 Å². The molecule has 0 aromatic heterocycles. The lowest BCUT2D eigenvalue weighted by molar-refractivity contribution is -0.132. The Morgan fingerprint density at radius 1 is 0.895 bits per heavy atom. The molecule has 2 saturated heterocycles. The van der Waals surface area contributed by atoms with Crippen molar-refractivity contribution in [1.29, 1.82) is 0 Å². The van der Waals surface area contributed by atoms with Crippen molar-refractivity contribution in [2.45, 2.75) is 57.0 Å². The highest BCUT2D eigenvalue weighted by molar-refractivity contribution is 5.82. The van der Waals surface area contributed by atoms with E-state index in [-0.39, 0.29) is 6.04 Å². The number of amides is 1. The van der Waals surface area contributed by atoms with E-state index in [9.17, 15) is 4.79 Å². The second-order valence-corrected chi connectivity index (χ2v) is 6.30. The minimum absolute atomic E-state index is 0.109. The Morgan fingerprint density at radius 3 is 2.47 bits per heavy atom. The molecule has 2 heterocycles. The molecular formula is C15H27N3O. The van der Waals surface area contributed by atoms with Crippen molar-refractivity contribution in [3.8, 4) is 0 Å². The molecule has 2 aliphatic heterocycles.